The normalized spacial score (nSPS) is 11.0. The molecule has 0 fully saturated rings. The summed E-state index contributed by atoms with van der Waals surface area (Å²) in [6, 6.07) is 7.26. The van der Waals surface area contributed by atoms with E-state index in [2.05, 4.69) is 25.4 Å². The topological polar surface area (TPSA) is 90.5 Å². The van der Waals surface area contributed by atoms with Crippen LogP contribution in [0.15, 0.2) is 49.2 Å². The minimum atomic E-state index is -0.310. The Morgan fingerprint density at radius 2 is 2.04 bits per heavy atom. The summed E-state index contributed by atoms with van der Waals surface area (Å²) in [7, 11) is 3.67. The molecule has 0 aliphatic rings. The fourth-order valence-corrected chi connectivity index (χ4v) is 2.55. The lowest BCUT2D eigenvalue weighted by molar-refractivity contribution is 0.102. The van der Waals surface area contributed by atoms with Crippen molar-refractivity contribution in [2.75, 3.05) is 5.32 Å². The fraction of sp³-hybridized carbons (Fsp3) is 0.118. The molecule has 8 heteroatoms. The van der Waals surface area contributed by atoms with E-state index in [0.717, 1.165) is 22.3 Å². The summed E-state index contributed by atoms with van der Waals surface area (Å²) < 4.78 is 3.48. The monoisotopic (exact) mass is 333 g/mol. The zero-order valence-corrected chi connectivity index (χ0v) is 13.7. The third-order valence-electron chi connectivity index (χ3n) is 3.84. The summed E-state index contributed by atoms with van der Waals surface area (Å²) in [6.45, 7) is 0. The highest BCUT2D eigenvalue weighted by Crippen LogP contribution is 2.21. The largest absolute Gasteiger partial charge is 0.332 e. The van der Waals surface area contributed by atoms with Crippen LogP contribution >= 0.6 is 0 Å². The highest BCUT2D eigenvalue weighted by Gasteiger charge is 2.11. The lowest BCUT2D eigenvalue weighted by Crippen LogP contribution is -2.14. The van der Waals surface area contributed by atoms with Crippen LogP contribution in [0.3, 0.4) is 0 Å². The summed E-state index contributed by atoms with van der Waals surface area (Å²) in [5.74, 6) is 0.119. The molecule has 8 nitrogen and oxygen atoms in total. The van der Waals surface area contributed by atoms with Gasteiger partial charge in [0.1, 0.15) is 5.82 Å². The molecule has 0 spiro atoms. The molecule has 4 aromatic rings. The quantitative estimate of drug-likeness (QED) is 0.619. The highest BCUT2D eigenvalue weighted by atomic mass is 16.2. The zero-order valence-electron chi connectivity index (χ0n) is 13.7. The van der Waals surface area contributed by atoms with E-state index in [-0.39, 0.29) is 5.91 Å². The molecule has 4 aromatic heterocycles. The molecule has 0 aliphatic carbocycles. The fourth-order valence-electron chi connectivity index (χ4n) is 2.55. The van der Waals surface area contributed by atoms with Crippen molar-refractivity contribution in [3.05, 3.63) is 54.9 Å². The first-order valence-electron chi connectivity index (χ1n) is 7.64. The number of amides is 1. The van der Waals surface area contributed by atoms with Gasteiger partial charge in [-0.05, 0) is 18.2 Å². The summed E-state index contributed by atoms with van der Waals surface area (Å²) in [4.78, 5) is 25.2. The van der Waals surface area contributed by atoms with Crippen molar-refractivity contribution in [3.8, 4) is 11.4 Å². The van der Waals surface area contributed by atoms with Crippen LogP contribution < -0.4 is 5.32 Å². The maximum atomic E-state index is 12.2. The Morgan fingerprint density at radius 3 is 2.76 bits per heavy atom. The van der Waals surface area contributed by atoms with Gasteiger partial charge in [-0.1, -0.05) is 0 Å². The molecule has 4 heterocycles. The average molecular weight is 333 g/mol. The third kappa shape index (κ3) is 2.85. The van der Waals surface area contributed by atoms with Gasteiger partial charge in [-0.15, -0.1) is 0 Å². The number of aryl methyl sites for hydroxylation is 2. The first-order valence-corrected chi connectivity index (χ1v) is 7.64. The van der Waals surface area contributed by atoms with Crippen LogP contribution in [0.2, 0.25) is 0 Å². The Balaban J connectivity index is 1.67. The molecule has 0 unspecified atom stereocenters. The van der Waals surface area contributed by atoms with Crippen molar-refractivity contribution >= 4 is 22.6 Å². The van der Waals surface area contributed by atoms with E-state index in [0.29, 0.717) is 11.5 Å². The van der Waals surface area contributed by atoms with Crippen LogP contribution in [0, 0.1) is 0 Å². The Bertz CT molecular complexity index is 1080. The van der Waals surface area contributed by atoms with Crippen LogP contribution in [0.5, 0.6) is 0 Å². The molecule has 0 radical (unpaired) electrons. The van der Waals surface area contributed by atoms with Crippen LogP contribution in [0.25, 0.3) is 22.3 Å². The van der Waals surface area contributed by atoms with Gasteiger partial charge in [0.05, 0.1) is 29.4 Å². The molecule has 1 amide bonds. The highest BCUT2D eigenvalue weighted by molar-refractivity contribution is 6.02. The maximum Gasteiger partial charge on any atom is 0.277 e. The van der Waals surface area contributed by atoms with Gasteiger partial charge >= 0.3 is 0 Å². The standard InChI is InChI=1S/C17H15N7O/c1-23-10-18-9-15(23)12-4-3-11-8-19-16(7-14(11)20-12)21-17(25)13-5-6-24(2)22-13/h3-10H,1-2H3,(H,19,21,25). The summed E-state index contributed by atoms with van der Waals surface area (Å²) in [6.07, 6.45) is 6.89. The molecular weight excluding hydrogens is 318 g/mol. The predicted octanol–water partition coefficient (Wildman–Crippen LogP) is 2.02. The Morgan fingerprint density at radius 1 is 1.16 bits per heavy atom. The lowest BCUT2D eigenvalue weighted by atomic mass is 10.2. The molecule has 0 bridgehead atoms. The van der Waals surface area contributed by atoms with Gasteiger partial charge in [0, 0.05) is 37.9 Å². The predicted molar refractivity (Wildman–Crippen MR) is 92.9 cm³/mol. The molecule has 124 valence electrons. The lowest BCUT2D eigenvalue weighted by Gasteiger charge is -2.06. The first kappa shape index (κ1) is 15.0. The number of anilines is 1. The second-order valence-electron chi connectivity index (χ2n) is 5.68. The summed E-state index contributed by atoms with van der Waals surface area (Å²) >= 11 is 0. The Labute approximate surface area is 143 Å². The molecule has 0 saturated carbocycles. The van der Waals surface area contributed by atoms with Gasteiger partial charge in [0.25, 0.3) is 5.91 Å². The number of hydrogen-bond acceptors (Lipinski definition) is 5. The zero-order chi connectivity index (χ0) is 17.4. The number of aromatic nitrogens is 6. The smallest absolute Gasteiger partial charge is 0.277 e. The molecule has 0 saturated heterocycles. The van der Waals surface area contributed by atoms with Crippen molar-refractivity contribution < 1.29 is 4.79 Å². The second-order valence-corrected chi connectivity index (χ2v) is 5.68. The van der Waals surface area contributed by atoms with Crippen LogP contribution in [-0.4, -0.2) is 35.2 Å². The number of imidazole rings is 1. The molecule has 0 atom stereocenters. The molecule has 4 rings (SSSR count). The van der Waals surface area contributed by atoms with Crippen molar-refractivity contribution in [3.63, 3.8) is 0 Å². The van der Waals surface area contributed by atoms with Crippen molar-refractivity contribution in [2.24, 2.45) is 14.1 Å². The minimum Gasteiger partial charge on any atom is -0.332 e. The minimum absolute atomic E-state index is 0.310. The molecular formula is C17H15N7O. The van der Waals surface area contributed by atoms with E-state index in [1.165, 1.54) is 0 Å². The maximum absolute atomic E-state index is 12.2. The summed E-state index contributed by atoms with van der Waals surface area (Å²) in [5, 5.41) is 7.71. The van der Waals surface area contributed by atoms with Crippen molar-refractivity contribution in [2.45, 2.75) is 0 Å². The number of hydrogen-bond donors (Lipinski definition) is 1. The van der Waals surface area contributed by atoms with Gasteiger partial charge in [-0.2, -0.15) is 5.10 Å². The second kappa shape index (κ2) is 5.82. The number of carbonyl (C=O) groups excluding carboxylic acids is 1. The van der Waals surface area contributed by atoms with E-state index in [4.69, 9.17) is 0 Å². The van der Waals surface area contributed by atoms with Gasteiger partial charge in [0.15, 0.2) is 5.69 Å². The average Bonchev–Trinajstić information content (AvgIpc) is 3.22. The number of nitrogens with one attached hydrogen (secondary N) is 1. The van der Waals surface area contributed by atoms with E-state index < -0.39 is 0 Å². The van der Waals surface area contributed by atoms with Crippen LogP contribution in [0.1, 0.15) is 10.5 Å². The molecule has 1 N–H and O–H groups in total. The molecule has 25 heavy (non-hydrogen) atoms. The van der Waals surface area contributed by atoms with Crippen LogP contribution in [-0.2, 0) is 14.1 Å². The van der Waals surface area contributed by atoms with Gasteiger partial charge in [-0.3, -0.25) is 9.48 Å². The Kier molecular flexibility index (Phi) is 3.50. The number of fused-ring (bicyclic) bond motifs is 1. The molecule has 0 aliphatic heterocycles. The summed E-state index contributed by atoms with van der Waals surface area (Å²) in [5.41, 5.74) is 2.80. The third-order valence-corrected chi connectivity index (χ3v) is 3.84. The van der Waals surface area contributed by atoms with Crippen molar-refractivity contribution in [1.82, 2.24) is 29.3 Å². The SMILES string of the molecule is Cn1ccc(C(=O)Nc2cc3nc(-c4cncn4C)ccc3cn2)n1. The first-order chi connectivity index (χ1) is 12.1. The van der Waals surface area contributed by atoms with E-state index in [1.807, 2.05) is 23.7 Å². The van der Waals surface area contributed by atoms with E-state index in [9.17, 15) is 4.79 Å². The number of carbonyl (C=O) groups is 1. The van der Waals surface area contributed by atoms with Gasteiger partial charge < -0.3 is 9.88 Å². The van der Waals surface area contributed by atoms with Gasteiger partial charge in [-0.25, -0.2) is 15.0 Å². The number of pyridine rings is 2. The van der Waals surface area contributed by atoms with Crippen LogP contribution in [0.4, 0.5) is 5.82 Å². The number of nitrogens with zero attached hydrogens (tertiary/aromatic N) is 6. The van der Waals surface area contributed by atoms with Gasteiger partial charge in [0.2, 0.25) is 0 Å². The molecule has 0 aromatic carbocycles. The number of rotatable bonds is 3. The Hall–Kier alpha value is -3.55. The van der Waals surface area contributed by atoms with E-state index in [1.54, 1.807) is 48.8 Å². The van der Waals surface area contributed by atoms with Crippen molar-refractivity contribution in [1.29, 1.82) is 0 Å². The van der Waals surface area contributed by atoms with E-state index >= 15 is 0 Å².